The van der Waals surface area contributed by atoms with E-state index >= 15 is 0 Å². The maximum atomic E-state index is 11.2. The fourth-order valence-electron chi connectivity index (χ4n) is 3.99. The van der Waals surface area contributed by atoms with E-state index in [0.717, 1.165) is 18.7 Å². The van der Waals surface area contributed by atoms with E-state index in [2.05, 4.69) is 9.88 Å². The lowest BCUT2D eigenvalue weighted by Gasteiger charge is -2.44. The standard InChI is InChI=1S/C17H24N2O2/c20-16(21)15-14(5-4-10-18-15)13-19-11-8-17(9-12-19)6-2-1-3-7-17/h4-5,10H,1-3,6-9,11-13H2,(H,20,21). The Morgan fingerprint density at radius 3 is 2.57 bits per heavy atom. The molecule has 1 saturated carbocycles. The van der Waals surface area contributed by atoms with E-state index in [-0.39, 0.29) is 5.69 Å². The zero-order valence-electron chi connectivity index (χ0n) is 12.6. The van der Waals surface area contributed by atoms with Crippen LogP contribution in [0.5, 0.6) is 0 Å². The molecule has 21 heavy (non-hydrogen) atoms. The smallest absolute Gasteiger partial charge is 0.354 e. The average molecular weight is 288 g/mol. The van der Waals surface area contributed by atoms with Gasteiger partial charge in [-0.3, -0.25) is 4.90 Å². The van der Waals surface area contributed by atoms with Gasteiger partial charge in [0.25, 0.3) is 0 Å². The Hall–Kier alpha value is -1.42. The first-order valence-electron chi connectivity index (χ1n) is 8.08. The summed E-state index contributed by atoms with van der Waals surface area (Å²) >= 11 is 0. The Labute approximate surface area is 126 Å². The van der Waals surface area contributed by atoms with E-state index in [1.807, 2.05) is 12.1 Å². The minimum atomic E-state index is -0.925. The molecule has 0 aromatic carbocycles. The Bertz CT molecular complexity index is 499. The van der Waals surface area contributed by atoms with Crippen LogP contribution in [0.3, 0.4) is 0 Å². The van der Waals surface area contributed by atoms with Crippen LogP contribution < -0.4 is 0 Å². The summed E-state index contributed by atoms with van der Waals surface area (Å²) in [6.45, 7) is 2.90. The zero-order valence-corrected chi connectivity index (χ0v) is 12.6. The van der Waals surface area contributed by atoms with Gasteiger partial charge in [-0.25, -0.2) is 9.78 Å². The Balaban J connectivity index is 1.62. The Kier molecular flexibility index (Phi) is 4.24. The number of rotatable bonds is 3. The van der Waals surface area contributed by atoms with E-state index in [0.29, 0.717) is 12.0 Å². The second-order valence-electron chi connectivity index (χ2n) is 6.65. The summed E-state index contributed by atoms with van der Waals surface area (Å²) in [5, 5.41) is 9.21. The van der Waals surface area contributed by atoms with Crippen molar-refractivity contribution in [3.8, 4) is 0 Å². The molecule has 2 fully saturated rings. The molecule has 0 unspecified atom stereocenters. The number of hydrogen-bond acceptors (Lipinski definition) is 3. The Morgan fingerprint density at radius 1 is 1.19 bits per heavy atom. The molecule has 1 aliphatic carbocycles. The predicted octanol–water partition coefficient (Wildman–Crippen LogP) is 3.33. The molecule has 1 aromatic rings. The fraction of sp³-hybridized carbons (Fsp3) is 0.647. The van der Waals surface area contributed by atoms with Gasteiger partial charge >= 0.3 is 5.97 Å². The Morgan fingerprint density at radius 2 is 1.90 bits per heavy atom. The maximum absolute atomic E-state index is 11.2. The van der Waals surface area contributed by atoms with Crippen LogP contribution in [0.25, 0.3) is 0 Å². The highest BCUT2D eigenvalue weighted by atomic mass is 16.4. The molecule has 1 N–H and O–H groups in total. The number of likely N-dealkylation sites (tertiary alicyclic amines) is 1. The van der Waals surface area contributed by atoms with Gasteiger partial charge in [-0.2, -0.15) is 0 Å². The van der Waals surface area contributed by atoms with Crippen LogP contribution in [0.1, 0.15) is 61.0 Å². The summed E-state index contributed by atoms with van der Waals surface area (Å²) in [6, 6.07) is 3.72. The zero-order chi connectivity index (χ0) is 14.7. The number of hydrogen-bond donors (Lipinski definition) is 1. The first-order chi connectivity index (χ1) is 10.2. The summed E-state index contributed by atoms with van der Waals surface area (Å²) < 4.78 is 0. The average Bonchev–Trinajstić information content (AvgIpc) is 2.51. The normalized spacial score (nSPS) is 22.3. The van der Waals surface area contributed by atoms with E-state index in [1.165, 1.54) is 44.9 Å². The fourth-order valence-corrected chi connectivity index (χ4v) is 3.99. The lowest BCUT2D eigenvalue weighted by Crippen LogP contribution is -2.40. The predicted molar refractivity (Wildman–Crippen MR) is 81.2 cm³/mol. The molecule has 0 radical (unpaired) electrons. The van der Waals surface area contributed by atoms with E-state index in [4.69, 9.17) is 0 Å². The molecule has 4 heteroatoms. The molecule has 1 saturated heterocycles. The van der Waals surface area contributed by atoms with Gasteiger partial charge < -0.3 is 5.11 Å². The molecule has 1 aliphatic heterocycles. The molecule has 0 atom stereocenters. The molecule has 1 spiro atoms. The summed E-state index contributed by atoms with van der Waals surface area (Å²) in [5.74, 6) is -0.925. The second kappa shape index (κ2) is 6.14. The van der Waals surface area contributed by atoms with Gasteiger partial charge in [0.1, 0.15) is 0 Å². The SMILES string of the molecule is O=C(O)c1ncccc1CN1CCC2(CCCCC2)CC1. The lowest BCUT2D eigenvalue weighted by atomic mass is 9.68. The molecular weight excluding hydrogens is 264 g/mol. The number of aromatic carboxylic acids is 1. The second-order valence-corrected chi connectivity index (χ2v) is 6.65. The van der Waals surface area contributed by atoms with Crippen molar-refractivity contribution in [3.63, 3.8) is 0 Å². The third kappa shape index (κ3) is 3.26. The monoisotopic (exact) mass is 288 g/mol. The first-order valence-corrected chi connectivity index (χ1v) is 8.08. The molecule has 2 heterocycles. The van der Waals surface area contributed by atoms with Crippen molar-refractivity contribution in [3.05, 3.63) is 29.6 Å². The summed E-state index contributed by atoms with van der Waals surface area (Å²) in [6.07, 6.45) is 11.1. The van der Waals surface area contributed by atoms with Crippen molar-refractivity contribution in [2.24, 2.45) is 5.41 Å². The lowest BCUT2D eigenvalue weighted by molar-refractivity contribution is 0.0620. The number of carboxylic acids is 1. The highest BCUT2D eigenvalue weighted by Gasteiger charge is 2.35. The van der Waals surface area contributed by atoms with Crippen molar-refractivity contribution in [1.82, 2.24) is 9.88 Å². The van der Waals surface area contributed by atoms with Crippen LogP contribution in [-0.2, 0) is 6.54 Å². The van der Waals surface area contributed by atoms with Gasteiger partial charge in [-0.15, -0.1) is 0 Å². The quantitative estimate of drug-likeness (QED) is 0.927. The number of nitrogens with zero attached hydrogens (tertiary/aromatic N) is 2. The number of pyridine rings is 1. The molecule has 114 valence electrons. The van der Waals surface area contributed by atoms with Gasteiger partial charge in [0.15, 0.2) is 5.69 Å². The van der Waals surface area contributed by atoms with Gasteiger partial charge in [-0.1, -0.05) is 25.3 Å². The van der Waals surface area contributed by atoms with Crippen LogP contribution in [0.2, 0.25) is 0 Å². The van der Waals surface area contributed by atoms with Crippen molar-refractivity contribution >= 4 is 5.97 Å². The number of carbonyl (C=O) groups is 1. The third-order valence-electron chi connectivity index (χ3n) is 5.32. The van der Waals surface area contributed by atoms with Crippen LogP contribution in [0.4, 0.5) is 0 Å². The first kappa shape index (κ1) is 14.5. The molecule has 0 bridgehead atoms. The van der Waals surface area contributed by atoms with Crippen molar-refractivity contribution < 1.29 is 9.90 Å². The van der Waals surface area contributed by atoms with Crippen molar-refractivity contribution in [2.45, 2.75) is 51.5 Å². The minimum Gasteiger partial charge on any atom is -0.477 e. The van der Waals surface area contributed by atoms with Crippen LogP contribution >= 0.6 is 0 Å². The van der Waals surface area contributed by atoms with E-state index < -0.39 is 5.97 Å². The highest BCUT2D eigenvalue weighted by Crippen LogP contribution is 2.44. The topological polar surface area (TPSA) is 53.4 Å². The van der Waals surface area contributed by atoms with Gasteiger partial charge in [0.05, 0.1) is 0 Å². The number of aromatic nitrogens is 1. The summed E-state index contributed by atoms with van der Waals surface area (Å²) in [4.78, 5) is 17.6. The van der Waals surface area contributed by atoms with E-state index in [1.54, 1.807) is 6.20 Å². The number of carboxylic acid groups (broad SMARTS) is 1. The van der Waals surface area contributed by atoms with E-state index in [9.17, 15) is 9.90 Å². The maximum Gasteiger partial charge on any atom is 0.354 e. The number of piperidine rings is 1. The summed E-state index contributed by atoms with van der Waals surface area (Å²) in [5.41, 5.74) is 1.64. The van der Waals surface area contributed by atoms with Crippen molar-refractivity contribution in [1.29, 1.82) is 0 Å². The molecule has 0 amide bonds. The van der Waals surface area contributed by atoms with Crippen molar-refractivity contribution in [2.75, 3.05) is 13.1 Å². The van der Waals surface area contributed by atoms with Gasteiger partial charge in [-0.05, 0) is 55.8 Å². The van der Waals surface area contributed by atoms with Crippen LogP contribution in [0, 0.1) is 5.41 Å². The molecule has 2 aliphatic rings. The van der Waals surface area contributed by atoms with Crippen LogP contribution in [-0.4, -0.2) is 34.0 Å². The largest absolute Gasteiger partial charge is 0.477 e. The third-order valence-corrected chi connectivity index (χ3v) is 5.32. The van der Waals surface area contributed by atoms with Gasteiger partial charge in [0, 0.05) is 12.7 Å². The molecule has 1 aromatic heterocycles. The molecule has 4 nitrogen and oxygen atoms in total. The minimum absolute atomic E-state index is 0.204. The molecular formula is C17H24N2O2. The van der Waals surface area contributed by atoms with Gasteiger partial charge in [0.2, 0.25) is 0 Å². The highest BCUT2D eigenvalue weighted by molar-refractivity contribution is 5.86. The summed E-state index contributed by atoms with van der Waals surface area (Å²) in [7, 11) is 0. The molecule has 3 rings (SSSR count). The van der Waals surface area contributed by atoms with Crippen LogP contribution in [0.15, 0.2) is 18.3 Å².